The Balaban J connectivity index is 1.62. The van der Waals surface area contributed by atoms with Crippen molar-refractivity contribution in [1.82, 2.24) is 16.4 Å². The summed E-state index contributed by atoms with van der Waals surface area (Å²) >= 11 is 5.99. The number of halogens is 1. The van der Waals surface area contributed by atoms with Crippen molar-refractivity contribution in [2.75, 3.05) is 17.2 Å². The summed E-state index contributed by atoms with van der Waals surface area (Å²) in [6.45, 7) is 2.53. The Morgan fingerprint density at radius 3 is 2.68 bits per heavy atom. The predicted octanol–water partition coefficient (Wildman–Crippen LogP) is 2.10. The van der Waals surface area contributed by atoms with Crippen LogP contribution in [0.4, 0.5) is 11.4 Å². The first-order chi connectivity index (χ1) is 12.2. The molecule has 0 aromatic heterocycles. The molecule has 1 aliphatic heterocycles. The van der Waals surface area contributed by atoms with E-state index in [2.05, 4.69) is 27.0 Å². The van der Waals surface area contributed by atoms with Crippen LogP contribution in [0.1, 0.15) is 6.92 Å². The number of anilines is 2. The van der Waals surface area contributed by atoms with Crippen molar-refractivity contribution >= 4 is 28.9 Å². The third kappa shape index (κ3) is 4.61. The summed E-state index contributed by atoms with van der Waals surface area (Å²) in [7, 11) is 0. The molecule has 1 heterocycles. The standard InChI is InChI=1S/C17H20ClN5O2/c1-2-25-14-8-6-12(7-9-14)20-17(24)15-16(22-23-21-15)19-13-5-3-4-11(18)10-13/h3-10,15-16,19,21-23H,2H2,1H3,(H,20,24). The van der Waals surface area contributed by atoms with Gasteiger partial charge in [0.05, 0.1) is 6.61 Å². The Labute approximate surface area is 151 Å². The monoisotopic (exact) mass is 361 g/mol. The second-order valence-electron chi connectivity index (χ2n) is 5.47. The summed E-state index contributed by atoms with van der Waals surface area (Å²) in [6, 6.07) is 14.0. The van der Waals surface area contributed by atoms with Crippen LogP contribution < -0.4 is 31.8 Å². The number of hydrogen-bond acceptors (Lipinski definition) is 6. The molecule has 1 fully saturated rings. The van der Waals surface area contributed by atoms with Gasteiger partial charge in [0.25, 0.3) is 0 Å². The molecule has 0 aliphatic carbocycles. The lowest BCUT2D eigenvalue weighted by atomic mass is 10.2. The molecule has 0 spiro atoms. The molecule has 0 radical (unpaired) electrons. The predicted molar refractivity (Wildman–Crippen MR) is 98.3 cm³/mol. The fourth-order valence-corrected chi connectivity index (χ4v) is 2.67. The average Bonchev–Trinajstić information content (AvgIpc) is 3.05. The second kappa shape index (κ2) is 8.17. The van der Waals surface area contributed by atoms with Gasteiger partial charge in [-0.05, 0) is 49.4 Å². The highest BCUT2D eigenvalue weighted by molar-refractivity contribution is 6.30. The maximum absolute atomic E-state index is 12.5. The highest BCUT2D eigenvalue weighted by Gasteiger charge is 2.32. The van der Waals surface area contributed by atoms with Crippen molar-refractivity contribution in [2.24, 2.45) is 0 Å². The van der Waals surface area contributed by atoms with Crippen molar-refractivity contribution in [2.45, 2.75) is 19.1 Å². The highest BCUT2D eigenvalue weighted by atomic mass is 35.5. The first kappa shape index (κ1) is 17.5. The fraction of sp³-hybridized carbons (Fsp3) is 0.235. The van der Waals surface area contributed by atoms with Crippen LogP contribution in [0, 0.1) is 0 Å². The molecule has 1 saturated heterocycles. The zero-order valence-corrected chi connectivity index (χ0v) is 14.4. The van der Waals surface area contributed by atoms with Crippen molar-refractivity contribution < 1.29 is 9.53 Å². The molecule has 0 saturated carbocycles. The van der Waals surface area contributed by atoms with Gasteiger partial charge < -0.3 is 15.4 Å². The molecule has 7 nitrogen and oxygen atoms in total. The molecule has 2 atom stereocenters. The van der Waals surface area contributed by atoms with Crippen molar-refractivity contribution in [3.8, 4) is 5.75 Å². The number of nitrogens with one attached hydrogen (secondary N) is 5. The first-order valence-corrected chi connectivity index (χ1v) is 8.35. The first-order valence-electron chi connectivity index (χ1n) is 7.97. The summed E-state index contributed by atoms with van der Waals surface area (Å²) in [5.41, 5.74) is 10.2. The largest absolute Gasteiger partial charge is 0.494 e. The molecule has 8 heteroatoms. The minimum atomic E-state index is -0.523. The van der Waals surface area contributed by atoms with Crippen LogP contribution in [0.3, 0.4) is 0 Å². The van der Waals surface area contributed by atoms with Crippen molar-refractivity contribution in [3.63, 3.8) is 0 Å². The van der Waals surface area contributed by atoms with E-state index in [-0.39, 0.29) is 12.1 Å². The highest BCUT2D eigenvalue weighted by Crippen LogP contribution is 2.18. The van der Waals surface area contributed by atoms with Crippen LogP contribution in [0.25, 0.3) is 0 Å². The van der Waals surface area contributed by atoms with E-state index in [1.807, 2.05) is 31.2 Å². The van der Waals surface area contributed by atoms with Crippen LogP contribution in [0.5, 0.6) is 5.75 Å². The fourth-order valence-electron chi connectivity index (χ4n) is 2.48. The van der Waals surface area contributed by atoms with Gasteiger partial charge in [-0.2, -0.15) is 5.53 Å². The van der Waals surface area contributed by atoms with Crippen LogP contribution in [-0.2, 0) is 4.79 Å². The van der Waals surface area contributed by atoms with E-state index < -0.39 is 6.04 Å². The number of amides is 1. The van der Waals surface area contributed by atoms with Gasteiger partial charge in [0.15, 0.2) is 0 Å². The average molecular weight is 362 g/mol. The maximum atomic E-state index is 12.5. The zero-order chi connectivity index (χ0) is 17.6. The number of carbonyl (C=O) groups excluding carboxylic acids is 1. The molecule has 1 amide bonds. The van der Waals surface area contributed by atoms with Crippen LogP contribution in [0.2, 0.25) is 5.02 Å². The molecular formula is C17H20ClN5O2. The number of ether oxygens (including phenoxy) is 1. The molecule has 0 bridgehead atoms. The number of hydrogen-bond donors (Lipinski definition) is 5. The van der Waals surface area contributed by atoms with Crippen LogP contribution >= 0.6 is 11.6 Å². The Morgan fingerprint density at radius 2 is 1.96 bits per heavy atom. The quantitative estimate of drug-likeness (QED) is 0.541. The van der Waals surface area contributed by atoms with E-state index in [0.29, 0.717) is 17.3 Å². The number of hydrazine groups is 2. The van der Waals surface area contributed by atoms with Gasteiger partial charge in [-0.1, -0.05) is 17.7 Å². The minimum absolute atomic E-state index is 0.179. The van der Waals surface area contributed by atoms with Gasteiger partial charge in [0, 0.05) is 16.4 Å². The normalized spacial score (nSPS) is 19.4. The summed E-state index contributed by atoms with van der Waals surface area (Å²) in [4.78, 5) is 12.5. The SMILES string of the molecule is CCOc1ccc(NC(=O)C2NNNC2Nc2cccc(Cl)c2)cc1. The lowest BCUT2D eigenvalue weighted by molar-refractivity contribution is -0.118. The van der Waals surface area contributed by atoms with E-state index in [9.17, 15) is 4.79 Å². The Hall–Kier alpha value is -2.32. The lowest BCUT2D eigenvalue weighted by Gasteiger charge is -2.20. The van der Waals surface area contributed by atoms with Gasteiger partial charge in [-0.3, -0.25) is 4.79 Å². The Kier molecular flexibility index (Phi) is 5.72. The van der Waals surface area contributed by atoms with E-state index in [1.165, 1.54) is 0 Å². The second-order valence-corrected chi connectivity index (χ2v) is 5.91. The van der Waals surface area contributed by atoms with Crippen LogP contribution in [-0.4, -0.2) is 24.7 Å². The van der Waals surface area contributed by atoms with Gasteiger partial charge in [0.1, 0.15) is 18.0 Å². The topological polar surface area (TPSA) is 86.5 Å². The third-order valence-corrected chi connectivity index (χ3v) is 3.89. The smallest absolute Gasteiger partial charge is 0.246 e. The Bertz CT molecular complexity index is 725. The van der Waals surface area contributed by atoms with Gasteiger partial charge in [-0.25, -0.2) is 10.9 Å². The molecular weight excluding hydrogens is 342 g/mol. The van der Waals surface area contributed by atoms with E-state index >= 15 is 0 Å². The molecule has 132 valence electrons. The number of rotatable bonds is 6. The summed E-state index contributed by atoms with van der Waals surface area (Å²) in [5, 5.41) is 6.72. The molecule has 2 aromatic carbocycles. The van der Waals surface area contributed by atoms with E-state index in [4.69, 9.17) is 16.3 Å². The van der Waals surface area contributed by atoms with Gasteiger partial charge >= 0.3 is 0 Å². The van der Waals surface area contributed by atoms with Gasteiger partial charge in [-0.15, -0.1) is 0 Å². The molecule has 25 heavy (non-hydrogen) atoms. The minimum Gasteiger partial charge on any atom is -0.494 e. The van der Waals surface area contributed by atoms with Crippen molar-refractivity contribution in [3.05, 3.63) is 53.6 Å². The zero-order valence-electron chi connectivity index (χ0n) is 13.7. The molecule has 2 unspecified atom stereocenters. The van der Waals surface area contributed by atoms with E-state index in [0.717, 1.165) is 11.4 Å². The Morgan fingerprint density at radius 1 is 1.16 bits per heavy atom. The molecule has 5 N–H and O–H groups in total. The van der Waals surface area contributed by atoms with Gasteiger partial charge in [0.2, 0.25) is 5.91 Å². The molecule has 1 aliphatic rings. The van der Waals surface area contributed by atoms with Crippen molar-refractivity contribution in [1.29, 1.82) is 0 Å². The lowest BCUT2D eigenvalue weighted by Crippen LogP contribution is -2.47. The summed E-state index contributed by atoms with van der Waals surface area (Å²) < 4.78 is 5.39. The summed E-state index contributed by atoms with van der Waals surface area (Å²) in [6.07, 6.45) is -0.346. The number of carbonyl (C=O) groups is 1. The molecule has 3 rings (SSSR count). The number of benzene rings is 2. The summed E-state index contributed by atoms with van der Waals surface area (Å²) in [5.74, 6) is 0.588. The van der Waals surface area contributed by atoms with E-state index in [1.54, 1.807) is 24.3 Å². The third-order valence-electron chi connectivity index (χ3n) is 3.65. The molecule has 2 aromatic rings. The van der Waals surface area contributed by atoms with Crippen LogP contribution in [0.15, 0.2) is 48.5 Å². The maximum Gasteiger partial charge on any atom is 0.246 e.